The highest BCUT2D eigenvalue weighted by molar-refractivity contribution is 4.93. The topological polar surface area (TPSA) is 58.3 Å². The van der Waals surface area contributed by atoms with Crippen LogP contribution in [0.5, 0.6) is 0 Å². The second kappa shape index (κ2) is 7.43. The largest absolute Gasteiger partial charge is 0.444 e. The van der Waals surface area contributed by atoms with Gasteiger partial charge in [-0.1, -0.05) is 6.92 Å². The summed E-state index contributed by atoms with van der Waals surface area (Å²) < 4.78 is 5.45. The first-order chi connectivity index (χ1) is 7.36. The molecule has 4 nitrogen and oxygen atoms in total. The molecule has 0 aliphatic carbocycles. The quantitative estimate of drug-likeness (QED) is 0.641. The highest BCUT2D eigenvalue weighted by atomic mass is 16.4. The molecule has 15 heavy (non-hydrogen) atoms. The van der Waals surface area contributed by atoms with Crippen molar-refractivity contribution >= 4 is 0 Å². The summed E-state index contributed by atoms with van der Waals surface area (Å²) in [4.78, 5) is 4.15. The number of nitrogens with zero attached hydrogens (tertiary/aromatic N) is 1. The molecule has 4 heteroatoms. The zero-order valence-corrected chi connectivity index (χ0v) is 9.33. The van der Waals surface area contributed by atoms with Crippen LogP contribution in [0.25, 0.3) is 0 Å². The van der Waals surface area contributed by atoms with Crippen LogP contribution in [0.3, 0.4) is 0 Å². The number of nitrogens with one attached hydrogen (secondary N) is 1. The molecule has 0 aliphatic rings. The van der Waals surface area contributed by atoms with Crippen LogP contribution < -0.4 is 5.32 Å². The Kier molecular flexibility index (Phi) is 6.04. The van der Waals surface area contributed by atoms with Crippen molar-refractivity contribution in [2.75, 3.05) is 13.2 Å². The van der Waals surface area contributed by atoms with Gasteiger partial charge in [-0.25, -0.2) is 4.98 Å². The van der Waals surface area contributed by atoms with E-state index in [0.29, 0.717) is 13.2 Å². The molecule has 0 unspecified atom stereocenters. The van der Waals surface area contributed by atoms with Crippen molar-refractivity contribution in [1.82, 2.24) is 10.3 Å². The average molecular weight is 212 g/mol. The first-order valence-electron chi connectivity index (χ1n) is 5.62. The lowest BCUT2D eigenvalue weighted by Gasteiger charge is -2.00. The Labute approximate surface area is 90.7 Å². The Bertz CT molecular complexity index is 261. The number of aromatic nitrogens is 1. The molecule has 0 fully saturated rings. The number of aliphatic hydroxyl groups is 1. The van der Waals surface area contributed by atoms with Crippen molar-refractivity contribution in [3.05, 3.63) is 17.8 Å². The standard InChI is InChI=1S/C11H20N2O2/c1-2-10-8-13-11(15-10)9-12-6-4-3-5-7-14/h8,12,14H,2-7,9H2,1H3. The van der Waals surface area contributed by atoms with Crippen LogP contribution in [-0.2, 0) is 13.0 Å². The fourth-order valence-electron chi connectivity index (χ4n) is 1.33. The maximum absolute atomic E-state index is 8.59. The average Bonchev–Trinajstić information content (AvgIpc) is 2.71. The highest BCUT2D eigenvalue weighted by Gasteiger charge is 2.00. The van der Waals surface area contributed by atoms with Crippen molar-refractivity contribution in [3.8, 4) is 0 Å². The molecule has 0 aromatic carbocycles. The van der Waals surface area contributed by atoms with Crippen molar-refractivity contribution in [2.24, 2.45) is 0 Å². The minimum absolute atomic E-state index is 0.291. The Hall–Kier alpha value is -0.870. The van der Waals surface area contributed by atoms with Crippen LogP contribution in [0.4, 0.5) is 0 Å². The minimum Gasteiger partial charge on any atom is -0.444 e. The lowest BCUT2D eigenvalue weighted by molar-refractivity contribution is 0.282. The number of aryl methyl sites for hydroxylation is 1. The van der Waals surface area contributed by atoms with Gasteiger partial charge in [0.25, 0.3) is 0 Å². The molecule has 0 atom stereocenters. The molecule has 0 amide bonds. The monoisotopic (exact) mass is 212 g/mol. The minimum atomic E-state index is 0.291. The first kappa shape index (κ1) is 12.2. The lowest BCUT2D eigenvalue weighted by Crippen LogP contribution is -2.14. The number of rotatable bonds is 8. The fourth-order valence-corrected chi connectivity index (χ4v) is 1.33. The summed E-state index contributed by atoms with van der Waals surface area (Å²) >= 11 is 0. The fraction of sp³-hybridized carbons (Fsp3) is 0.727. The van der Waals surface area contributed by atoms with Crippen molar-refractivity contribution in [1.29, 1.82) is 0 Å². The van der Waals surface area contributed by atoms with Crippen LogP contribution >= 0.6 is 0 Å². The van der Waals surface area contributed by atoms with E-state index in [2.05, 4.69) is 10.3 Å². The van der Waals surface area contributed by atoms with Crippen LogP contribution in [0, 0.1) is 0 Å². The third-order valence-electron chi connectivity index (χ3n) is 2.24. The Morgan fingerprint density at radius 1 is 1.40 bits per heavy atom. The maximum atomic E-state index is 8.59. The maximum Gasteiger partial charge on any atom is 0.208 e. The molecule has 1 aromatic heterocycles. The van der Waals surface area contributed by atoms with Gasteiger partial charge in [0.1, 0.15) is 5.76 Å². The van der Waals surface area contributed by atoms with Crippen molar-refractivity contribution < 1.29 is 9.52 Å². The summed E-state index contributed by atoms with van der Waals surface area (Å²) in [6.45, 7) is 3.98. The second-order valence-corrected chi connectivity index (χ2v) is 3.53. The molecule has 0 saturated carbocycles. The third kappa shape index (κ3) is 4.95. The number of aliphatic hydroxyl groups excluding tert-OH is 1. The first-order valence-corrected chi connectivity index (χ1v) is 5.62. The Morgan fingerprint density at radius 2 is 2.27 bits per heavy atom. The van der Waals surface area contributed by atoms with E-state index in [4.69, 9.17) is 9.52 Å². The predicted molar refractivity (Wildman–Crippen MR) is 58.5 cm³/mol. The molecule has 0 radical (unpaired) electrons. The Balaban J connectivity index is 2.04. The summed E-state index contributed by atoms with van der Waals surface area (Å²) in [6, 6.07) is 0. The van der Waals surface area contributed by atoms with E-state index in [9.17, 15) is 0 Å². The van der Waals surface area contributed by atoms with Crippen molar-refractivity contribution in [2.45, 2.75) is 39.2 Å². The van der Waals surface area contributed by atoms with Gasteiger partial charge in [0.2, 0.25) is 5.89 Å². The van der Waals surface area contributed by atoms with E-state index >= 15 is 0 Å². The zero-order valence-electron chi connectivity index (χ0n) is 9.33. The van der Waals surface area contributed by atoms with Gasteiger partial charge in [0.15, 0.2) is 0 Å². The predicted octanol–water partition coefficient (Wildman–Crippen LogP) is 1.49. The van der Waals surface area contributed by atoms with Crippen LogP contribution in [0.2, 0.25) is 0 Å². The number of hydrogen-bond donors (Lipinski definition) is 2. The van der Waals surface area contributed by atoms with Gasteiger partial charge in [0, 0.05) is 13.0 Å². The van der Waals surface area contributed by atoms with Gasteiger partial charge in [-0.15, -0.1) is 0 Å². The molecular weight excluding hydrogens is 192 g/mol. The van der Waals surface area contributed by atoms with Gasteiger partial charge in [-0.3, -0.25) is 0 Å². The van der Waals surface area contributed by atoms with Gasteiger partial charge in [-0.2, -0.15) is 0 Å². The van der Waals surface area contributed by atoms with Gasteiger partial charge < -0.3 is 14.8 Å². The molecular formula is C11H20N2O2. The summed E-state index contributed by atoms with van der Waals surface area (Å²) in [7, 11) is 0. The molecule has 0 spiro atoms. The third-order valence-corrected chi connectivity index (χ3v) is 2.24. The van der Waals surface area contributed by atoms with Crippen LogP contribution in [-0.4, -0.2) is 23.2 Å². The van der Waals surface area contributed by atoms with Gasteiger partial charge in [0.05, 0.1) is 12.7 Å². The number of hydrogen-bond acceptors (Lipinski definition) is 4. The van der Waals surface area contributed by atoms with Crippen LogP contribution in [0.15, 0.2) is 10.6 Å². The smallest absolute Gasteiger partial charge is 0.208 e. The van der Waals surface area contributed by atoms with Crippen molar-refractivity contribution in [3.63, 3.8) is 0 Å². The number of unbranched alkanes of at least 4 members (excludes halogenated alkanes) is 2. The van der Waals surface area contributed by atoms with E-state index < -0.39 is 0 Å². The van der Waals surface area contributed by atoms with Gasteiger partial charge in [-0.05, 0) is 25.8 Å². The van der Waals surface area contributed by atoms with Crippen LogP contribution in [0.1, 0.15) is 37.8 Å². The number of oxazole rings is 1. The molecule has 0 aliphatic heterocycles. The Morgan fingerprint density at radius 3 is 2.93 bits per heavy atom. The molecule has 0 saturated heterocycles. The second-order valence-electron chi connectivity index (χ2n) is 3.53. The lowest BCUT2D eigenvalue weighted by atomic mass is 10.2. The van der Waals surface area contributed by atoms with E-state index in [-0.39, 0.29) is 0 Å². The molecule has 1 rings (SSSR count). The summed E-state index contributed by atoms with van der Waals surface area (Å²) in [5, 5.41) is 11.8. The molecule has 1 aromatic rings. The zero-order chi connectivity index (χ0) is 10.9. The molecule has 86 valence electrons. The van der Waals surface area contributed by atoms with E-state index in [0.717, 1.165) is 43.9 Å². The van der Waals surface area contributed by atoms with E-state index in [1.54, 1.807) is 6.20 Å². The van der Waals surface area contributed by atoms with E-state index in [1.165, 1.54) is 0 Å². The normalized spacial score (nSPS) is 10.8. The van der Waals surface area contributed by atoms with E-state index in [1.807, 2.05) is 6.92 Å². The molecule has 2 N–H and O–H groups in total. The molecule has 0 bridgehead atoms. The summed E-state index contributed by atoms with van der Waals surface area (Å²) in [5.74, 6) is 1.70. The molecule has 1 heterocycles. The summed E-state index contributed by atoms with van der Waals surface area (Å²) in [6.07, 6.45) is 5.71. The SMILES string of the molecule is CCc1cnc(CNCCCCCO)o1. The highest BCUT2D eigenvalue weighted by Crippen LogP contribution is 2.03. The summed E-state index contributed by atoms with van der Waals surface area (Å²) in [5.41, 5.74) is 0. The van der Waals surface area contributed by atoms with Gasteiger partial charge >= 0.3 is 0 Å².